The average Bonchev–Trinajstić information content (AvgIpc) is 3.01. The van der Waals surface area contributed by atoms with Crippen molar-refractivity contribution in [3.05, 3.63) is 112 Å². The van der Waals surface area contributed by atoms with Crippen LogP contribution < -0.4 is 14.4 Å². The molecule has 43 heavy (non-hydrogen) atoms. The van der Waals surface area contributed by atoms with Crippen LogP contribution in [0.3, 0.4) is 0 Å². The lowest BCUT2D eigenvalue weighted by molar-refractivity contribution is 0.0978. The van der Waals surface area contributed by atoms with Crippen LogP contribution in [0.2, 0.25) is 5.02 Å². The van der Waals surface area contributed by atoms with E-state index in [2.05, 4.69) is 38.9 Å². The Morgan fingerprint density at radius 3 is 2.33 bits per heavy atom. The third kappa shape index (κ3) is 7.91. The maximum absolute atomic E-state index is 13.3. The number of aromatic nitrogens is 2. The number of anilines is 1. The molecule has 0 aliphatic carbocycles. The van der Waals surface area contributed by atoms with E-state index in [4.69, 9.17) is 21.3 Å². The number of hydrogen-bond acceptors (Lipinski definition) is 7. The molecular formula is C33H35ClN4O4S. The van der Waals surface area contributed by atoms with Crippen molar-refractivity contribution in [1.29, 1.82) is 0 Å². The Kier molecular flexibility index (Phi) is 9.62. The molecule has 0 radical (unpaired) electrons. The van der Waals surface area contributed by atoms with Gasteiger partial charge in [-0.25, -0.2) is 23.1 Å². The molecule has 1 aliphatic rings. The minimum atomic E-state index is -4.12. The van der Waals surface area contributed by atoms with Gasteiger partial charge in [-0.15, -0.1) is 0 Å². The van der Waals surface area contributed by atoms with Crippen molar-refractivity contribution in [2.75, 3.05) is 18.0 Å². The maximum atomic E-state index is 13.3. The predicted molar refractivity (Wildman–Crippen MR) is 168 cm³/mol. The summed E-state index contributed by atoms with van der Waals surface area (Å²) in [5.74, 6) is 1.01. The van der Waals surface area contributed by atoms with Crippen molar-refractivity contribution >= 4 is 33.5 Å². The minimum absolute atomic E-state index is 0.000117. The van der Waals surface area contributed by atoms with Crippen LogP contribution in [-0.2, 0) is 23.1 Å². The van der Waals surface area contributed by atoms with Crippen molar-refractivity contribution in [2.24, 2.45) is 5.92 Å². The number of nitrogens with one attached hydrogen (secondary N) is 1. The average molecular weight is 619 g/mol. The Hall–Kier alpha value is -3.95. The van der Waals surface area contributed by atoms with Crippen molar-refractivity contribution in [2.45, 2.75) is 50.5 Å². The molecule has 2 heterocycles. The lowest BCUT2D eigenvalue weighted by atomic mass is 9.90. The first-order valence-electron chi connectivity index (χ1n) is 14.4. The zero-order chi connectivity index (χ0) is 30.4. The Bertz CT molecular complexity index is 1640. The van der Waals surface area contributed by atoms with Crippen molar-refractivity contribution in [1.82, 2.24) is 14.7 Å². The Balaban J connectivity index is 1.33. The van der Waals surface area contributed by atoms with Gasteiger partial charge in [0.2, 0.25) is 5.95 Å². The van der Waals surface area contributed by atoms with Crippen LogP contribution in [0.4, 0.5) is 5.95 Å². The number of amides is 1. The zero-order valence-electron chi connectivity index (χ0n) is 24.2. The third-order valence-electron chi connectivity index (χ3n) is 7.64. The summed E-state index contributed by atoms with van der Waals surface area (Å²) in [6.07, 6.45) is 4.39. The molecule has 1 saturated heterocycles. The molecule has 1 fully saturated rings. The van der Waals surface area contributed by atoms with E-state index in [1.807, 2.05) is 19.9 Å². The highest BCUT2D eigenvalue weighted by Crippen LogP contribution is 2.25. The summed E-state index contributed by atoms with van der Waals surface area (Å²) < 4.78 is 34.2. The van der Waals surface area contributed by atoms with Gasteiger partial charge in [0, 0.05) is 24.3 Å². The molecule has 224 valence electrons. The molecule has 0 atom stereocenters. The van der Waals surface area contributed by atoms with E-state index in [-0.39, 0.29) is 28.7 Å². The number of benzene rings is 3. The maximum Gasteiger partial charge on any atom is 0.268 e. The largest absolute Gasteiger partial charge is 0.487 e. The van der Waals surface area contributed by atoms with E-state index in [1.165, 1.54) is 23.9 Å². The second-order valence-electron chi connectivity index (χ2n) is 11.1. The van der Waals surface area contributed by atoms with E-state index in [1.54, 1.807) is 36.4 Å². The standard InChI is InChI=1S/C33H35ClN4O4S/c1-23(2)26-8-14-29(15-9-26)43(40,41)37-32(39)30-21-35-33(36-31(30)22-42-28-12-10-27(34)11-13-28)38-18-16-25(17-19-38)20-24-6-4-3-5-7-24/h3-15,21,23,25H,16-20,22H2,1-2H3,(H,37,39). The van der Waals surface area contributed by atoms with Gasteiger partial charge in [-0.1, -0.05) is 67.9 Å². The molecular weight excluding hydrogens is 584 g/mol. The van der Waals surface area contributed by atoms with Gasteiger partial charge in [0.1, 0.15) is 12.4 Å². The number of hydrogen-bond donors (Lipinski definition) is 1. The monoisotopic (exact) mass is 618 g/mol. The molecule has 0 bridgehead atoms. The van der Waals surface area contributed by atoms with Gasteiger partial charge in [-0.3, -0.25) is 4.79 Å². The number of nitrogens with zero attached hydrogens (tertiary/aromatic N) is 3. The highest BCUT2D eigenvalue weighted by atomic mass is 35.5. The highest BCUT2D eigenvalue weighted by Gasteiger charge is 2.26. The number of halogens is 1. The van der Waals surface area contributed by atoms with Crippen LogP contribution in [0.1, 0.15) is 59.8 Å². The molecule has 1 aromatic heterocycles. The van der Waals surface area contributed by atoms with Crippen LogP contribution >= 0.6 is 11.6 Å². The van der Waals surface area contributed by atoms with E-state index < -0.39 is 15.9 Å². The topological polar surface area (TPSA) is 101 Å². The zero-order valence-corrected chi connectivity index (χ0v) is 25.8. The molecule has 10 heteroatoms. The van der Waals surface area contributed by atoms with Crippen molar-refractivity contribution in [3.8, 4) is 5.75 Å². The second-order valence-corrected chi connectivity index (χ2v) is 13.2. The van der Waals surface area contributed by atoms with E-state index in [9.17, 15) is 13.2 Å². The molecule has 4 aromatic rings. The first kappa shape index (κ1) is 30.5. The normalized spacial score (nSPS) is 14.1. The fraction of sp³-hybridized carbons (Fsp3) is 0.303. The van der Waals surface area contributed by atoms with Crippen LogP contribution in [0.25, 0.3) is 0 Å². The fourth-order valence-electron chi connectivity index (χ4n) is 5.09. The van der Waals surface area contributed by atoms with Crippen LogP contribution in [-0.4, -0.2) is 37.4 Å². The summed E-state index contributed by atoms with van der Waals surface area (Å²) >= 11 is 6.00. The van der Waals surface area contributed by atoms with Crippen molar-refractivity contribution < 1.29 is 17.9 Å². The summed E-state index contributed by atoms with van der Waals surface area (Å²) in [6, 6.07) is 23.8. The smallest absolute Gasteiger partial charge is 0.268 e. The van der Waals surface area contributed by atoms with Gasteiger partial charge in [0.05, 0.1) is 16.2 Å². The molecule has 3 aromatic carbocycles. The summed E-state index contributed by atoms with van der Waals surface area (Å²) in [7, 11) is -4.12. The molecule has 1 aliphatic heterocycles. The van der Waals surface area contributed by atoms with E-state index in [0.717, 1.165) is 37.9 Å². The molecule has 0 spiro atoms. The molecule has 5 rings (SSSR count). The number of carbonyl (C=O) groups is 1. The Morgan fingerprint density at radius 2 is 1.67 bits per heavy atom. The molecule has 0 saturated carbocycles. The lowest BCUT2D eigenvalue weighted by Gasteiger charge is -2.32. The van der Waals surface area contributed by atoms with Crippen LogP contribution in [0.5, 0.6) is 5.75 Å². The van der Waals surface area contributed by atoms with Gasteiger partial charge in [0.15, 0.2) is 0 Å². The summed E-state index contributed by atoms with van der Waals surface area (Å²) in [5, 5.41) is 0.569. The molecule has 0 unspecified atom stereocenters. The third-order valence-corrected chi connectivity index (χ3v) is 9.24. The van der Waals surface area contributed by atoms with Gasteiger partial charge in [0.25, 0.3) is 15.9 Å². The summed E-state index contributed by atoms with van der Waals surface area (Å²) in [4.78, 5) is 24.6. The second kappa shape index (κ2) is 13.6. The summed E-state index contributed by atoms with van der Waals surface area (Å²) in [6.45, 7) is 5.54. The Labute approximate surface area is 258 Å². The van der Waals surface area contributed by atoms with E-state index >= 15 is 0 Å². The van der Waals surface area contributed by atoms with Crippen LogP contribution in [0, 0.1) is 5.92 Å². The van der Waals surface area contributed by atoms with Gasteiger partial charge in [-0.2, -0.15) is 0 Å². The highest BCUT2D eigenvalue weighted by molar-refractivity contribution is 7.90. The number of ether oxygens (including phenoxy) is 1. The van der Waals surface area contributed by atoms with E-state index in [0.29, 0.717) is 22.6 Å². The van der Waals surface area contributed by atoms with Gasteiger partial charge >= 0.3 is 0 Å². The predicted octanol–water partition coefficient (Wildman–Crippen LogP) is 6.41. The summed E-state index contributed by atoms with van der Waals surface area (Å²) in [5.41, 5.74) is 2.65. The Morgan fingerprint density at radius 1 is 1.00 bits per heavy atom. The first-order valence-corrected chi connectivity index (χ1v) is 16.2. The molecule has 1 amide bonds. The molecule has 1 N–H and O–H groups in total. The molecule has 8 nitrogen and oxygen atoms in total. The quantitative estimate of drug-likeness (QED) is 0.219. The first-order chi connectivity index (χ1) is 20.7. The number of sulfonamides is 1. The minimum Gasteiger partial charge on any atom is -0.487 e. The number of carbonyl (C=O) groups excluding carboxylic acids is 1. The van der Waals surface area contributed by atoms with Crippen LogP contribution in [0.15, 0.2) is 90.0 Å². The van der Waals surface area contributed by atoms with Gasteiger partial charge < -0.3 is 9.64 Å². The van der Waals surface area contributed by atoms with Gasteiger partial charge in [-0.05, 0) is 78.6 Å². The fourth-order valence-corrected chi connectivity index (χ4v) is 6.19. The lowest BCUT2D eigenvalue weighted by Crippen LogP contribution is -2.36. The number of rotatable bonds is 10. The number of piperidine rings is 1. The van der Waals surface area contributed by atoms with Crippen molar-refractivity contribution in [3.63, 3.8) is 0 Å². The SMILES string of the molecule is CC(C)c1ccc(S(=O)(=O)NC(=O)c2cnc(N3CCC(Cc4ccccc4)CC3)nc2COc2ccc(Cl)cc2)cc1.